The zero-order chi connectivity index (χ0) is 20.3. The first kappa shape index (κ1) is 19.9. The molecule has 0 radical (unpaired) electrons. The average Bonchev–Trinajstić information content (AvgIpc) is 2.65. The molecular weight excluding hydrogens is 373 g/mol. The molecule has 0 amide bonds. The Hall–Kier alpha value is -2.80. The van der Waals surface area contributed by atoms with Crippen LogP contribution in [0.3, 0.4) is 0 Å². The summed E-state index contributed by atoms with van der Waals surface area (Å²) >= 11 is 0. The maximum Gasteiger partial charge on any atom is 0.426 e. The summed E-state index contributed by atoms with van der Waals surface area (Å²) in [5, 5.41) is -0.139. The molecule has 0 atom stereocenters. The fourth-order valence-electron chi connectivity index (χ4n) is 2.88. The molecular formula is C21H19F3O4. The van der Waals surface area contributed by atoms with Gasteiger partial charge in [0, 0.05) is 13.5 Å². The lowest BCUT2D eigenvalue weighted by molar-refractivity contribution is -0.186. The van der Waals surface area contributed by atoms with E-state index in [0.29, 0.717) is 17.7 Å². The summed E-state index contributed by atoms with van der Waals surface area (Å²) in [6, 6.07) is 9.27. The minimum absolute atomic E-state index is 0.275. The van der Waals surface area contributed by atoms with Gasteiger partial charge in [-0.05, 0) is 41.6 Å². The predicted octanol–water partition coefficient (Wildman–Crippen LogP) is 5.16. The van der Waals surface area contributed by atoms with Gasteiger partial charge in [0.1, 0.15) is 11.1 Å². The van der Waals surface area contributed by atoms with Crippen molar-refractivity contribution in [2.75, 3.05) is 7.11 Å². The van der Waals surface area contributed by atoms with Crippen molar-refractivity contribution in [3.8, 4) is 5.75 Å². The SMILES string of the molecule is CCCc1cc2ccc(OC(F)(F)c3ccc(COC)cc3)c(F)c2c(=O)o1. The van der Waals surface area contributed by atoms with Crippen LogP contribution < -0.4 is 10.4 Å². The third-order valence-corrected chi connectivity index (χ3v) is 4.22. The Morgan fingerprint density at radius 1 is 1.11 bits per heavy atom. The number of alkyl halides is 2. The lowest BCUT2D eigenvalue weighted by Crippen LogP contribution is -2.22. The van der Waals surface area contributed by atoms with Gasteiger partial charge in [-0.1, -0.05) is 25.1 Å². The number of hydrogen-bond donors (Lipinski definition) is 0. The van der Waals surface area contributed by atoms with E-state index >= 15 is 0 Å². The molecule has 1 aromatic heterocycles. The molecule has 2 aromatic carbocycles. The summed E-state index contributed by atoms with van der Waals surface area (Å²) in [5.41, 5.74) is -0.659. The second kappa shape index (κ2) is 8.06. The minimum Gasteiger partial charge on any atom is -0.427 e. The van der Waals surface area contributed by atoms with Crippen molar-refractivity contribution in [1.82, 2.24) is 0 Å². The van der Waals surface area contributed by atoms with Crippen LogP contribution in [0.2, 0.25) is 0 Å². The van der Waals surface area contributed by atoms with Crippen LogP contribution in [0.1, 0.15) is 30.2 Å². The Morgan fingerprint density at radius 2 is 1.82 bits per heavy atom. The second-order valence-corrected chi connectivity index (χ2v) is 6.34. The molecule has 0 unspecified atom stereocenters. The van der Waals surface area contributed by atoms with Gasteiger partial charge in [0.15, 0.2) is 11.6 Å². The molecule has 7 heteroatoms. The molecule has 0 saturated carbocycles. The van der Waals surface area contributed by atoms with Crippen molar-refractivity contribution in [2.45, 2.75) is 32.5 Å². The first-order valence-corrected chi connectivity index (χ1v) is 8.76. The highest BCUT2D eigenvalue weighted by molar-refractivity contribution is 5.83. The predicted molar refractivity (Wildman–Crippen MR) is 98.1 cm³/mol. The molecule has 1 heterocycles. The zero-order valence-corrected chi connectivity index (χ0v) is 15.4. The topological polar surface area (TPSA) is 48.7 Å². The number of fused-ring (bicyclic) bond motifs is 1. The Balaban J connectivity index is 1.94. The average molecular weight is 392 g/mol. The van der Waals surface area contributed by atoms with Crippen LogP contribution in [0.5, 0.6) is 5.75 Å². The first-order valence-electron chi connectivity index (χ1n) is 8.76. The minimum atomic E-state index is -3.79. The number of hydrogen-bond acceptors (Lipinski definition) is 4. The molecule has 0 aliphatic rings. The Kier molecular flexibility index (Phi) is 5.74. The number of rotatable bonds is 7. The van der Waals surface area contributed by atoms with E-state index in [2.05, 4.69) is 4.74 Å². The monoisotopic (exact) mass is 392 g/mol. The summed E-state index contributed by atoms with van der Waals surface area (Å²) in [6.45, 7) is 2.19. The van der Waals surface area contributed by atoms with Gasteiger partial charge >= 0.3 is 11.7 Å². The van der Waals surface area contributed by atoms with Gasteiger partial charge in [-0.25, -0.2) is 9.18 Å². The van der Waals surface area contributed by atoms with E-state index in [-0.39, 0.29) is 12.0 Å². The lowest BCUT2D eigenvalue weighted by Gasteiger charge is -2.19. The summed E-state index contributed by atoms with van der Waals surface area (Å²) in [7, 11) is 1.50. The third-order valence-electron chi connectivity index (χ3n) is 4.22. The van der Waals surface area contributed by atoms with Crippen LogP contribution in [-0.4, -0.2) is 7.11 Å². The fourth-order valence-corrected chi connectivity index (χ4v) is 2.88. The molecule has 0 aliphatic heterocycles. The summed E-state index contributed by atoms with van der Waals surface area (Å²) in [4.78, 5) is 12.1. The Labute approximate surface area is 159 Å². The van der Waals surface area contributed by atoms with E-state index in [4.69, 9.17) is 9.15 Å². The van der Waals surface area contributed by atoms with E-state index in [0.717, 1.165) is 12.5 Å². The van der Waals surface area contributed by atoms with Gasteiger partial charge in [-0.3, -0.25) is 0 Å². The maximum absolute atomic E-state index is 14.7. The lowest BCUT2D eigenvalue weighted by atomic mass is 10.1. The van der Waals surface area contributed by atoms with Gasteiger partial charge in [0.25, 0.3) is 0 Å². The number of methoxy groups -OCH3 is 1. The van der Waals surface area contributed by atoms with Gasteiger partial charge in [0.2, 0.25) is 0 Å². The van der Waals surface area contributed by atoms with Crippen molar-refractivity contribution in [2.24, 2.45) is 0 Å². The zero-order valence-electron chi connectivity index (χ0n) is 15.4. The van der Waals surface area contributed by atoms with Crippen LogP contribution in [0.15, 0.2) is 51.7 Å². The highest BCUT2D eigenvalue weighted by Crippen LogP contribution is 2.35. The third kappa shape index (κ3) is 4.04. The molecule has 148 valence electrons. The van der Waals surface area contributed by atoms with Crippen LogP contribution in [-0.2, 0) is 23.9 Å². The normalized spacial score (nSPS) is 11.8. The quantitative estimate of drug-likeness (QED) is 0.557. The Bertz CT molecular complexity index is 1030. The van der Waals surface area contributed by atoms with E-state index < -0.39 is 34.3 Å². The largest absolute Gasteiger partial charge is 0.427 e. The smallest absolute Gasteiger partial charge is 0.426 e. The van der Waals surface area contributed by atoms with Crippen molar-refractivity contribution in [3.05, 3.63) is 75.6 Å². The van der Waals surface area contributed by atoms with Crippen LogP contribution in [0.4, 0.5) is 13.2 Å². The number of halogens is 3. The molecule has 4 nitrogen and oxygen atoms in total. The number of ether oxygens (including phenoxy) is 2. The van der Waals surface area contributed by atoms with E-state index in [1.165, 1.54) is 43.5 Å². The molecule has 0 aliphatic carbocycles. The molecule has 3 aromatic rings. The molecule has 0 fully saturated rings. The van der Waals surface area contributed by atoms with Gasteiger partial charge in [-0.2, -0.15) is 8.78 Å². The molecule has 3 rings (SSSR count). The Morgan fingerprint density at radius 3 is 2.46 bits per heavy atom. The standard InChI is InChI=1S/C21H19F3O4/c1-3-4-16-11-14-7-10-17(19(22)18(14)20(25)27-16)28-21(23,24)15-8-5-13(6-9-15)12-26-2/h5-11H,3-4,12H2,1-2H3. The van der Waals surface area contributed by atoms with E-state index in [1.807, 2.05) is 6.92 Å². The maximum atomic E-state index is 14.7. The van der Waals surface area contributed by atoms with Gasteiger partial charge in [0.05, 0.1) is 12.2 Å². The van der Waals surface area contributed by atoms with Crippen LogP contribution >= 0.6 is 0 Å². The molecule has 0 spiro atoms. The summed E-state index contributed by atoms with van der Waals surface area (Å²) in [6.07, 6.45) is -2.53. The van der Waals surface area contributed by atoms with Crippen molar-refractivity contribution >= 4 is 10.8 Å². The number of benzene rings is 2. The van der Waals surface area contributed by atoms with Gasteiger partial charge < -0.3 is 13.9 Å². The van der Waals surface area contributed by atoms with Crippen LogP contribution in [0.25, 0.3) is 10.8 Å². The molecule has 0 saturated heterocycles. The van der Waals surface area contributed by atoms with Crippen LogP contribution in [0, 0.1) is 5.82 Å². The molecule has 28 heavy (non-hydrogen) atoms. The van der Waals surface area contributed by atoms with Crippen molar-refractivity contribution < 1.29 is 27.1 Å². The first-order chi connectivity index (χ1) is 13.4. The summed E-state index contributed by atoms with van der Waals surface area (Å²) < 4.78 is 58.3. The molecule has 0 N–H and O–H groups in total. The second-order valence-electron chi connectivity index (χ2n) is 6.34. The molecule has 0 bridgehead atoms. The van der Waals surface area contributed by atoms with Crippen molar-refractivity contribution in [1.29, 1.82) is 0 Å². The van der Waals surface area contributed by atoms with Crippen molar-refractivity contribution in [3.63, 3.8) is 0 Å². The van der Waals surface area contributed by atoms with E-state index in [1.54, 1.807) is 0 Å². The number of aryl methyl sites for hydroxylation is 1. The van der Waals surface area contributed by atoms with E-state index in [9.17, 15) is 18.0 Å². The fraction of sp³-hybridized carbons (Fsp3) is 0.286. The van der Waals surface area contributed by atoms with Gasteiger partial charge in [-0.15, -0.1) is 0 Å². The highest BCUT2D eigenvalue weighted by atomic mass is 19.3. The summed E-state index contributed by atoms with van der Waals surface area (Å²) in [5.74, 6) is -1.49. The highest BCUT2D eigenvalue weighted by Gasteiger charge is 2.35.